The van der Waals surface area contributed by atoms with E-state index in [0.717, 1.165) is 5.88 Å². The largest absolute Gasteiger partial charge is 0.126 e. The Kier molecular flexibility index (Phi) is 4.66. The van der Waals surface area contributed by atoms with Crippen molar-refractivity contribution in [3.63, 3.8) is 0 Å². The molecule has 0 spiro atoms. The van der Waals surface area contributed by atoms with Crippen LogP contribution in [-0.4, -0.2) is 5.88 Å². The van der Waals surface area contributed by atoms with Gasteiger partial charge in [-0.05, 0) is 43.2 Å². The lowest BCUT2D eigenvalue weighted by atomic mass is 9.88. The Bertz CT molecular complexity index is 315. The highest BCUT2D eigenvalue weighted by atomic mass is 35.5. The van der Waals surface area contributed by atoms with Crippen molar-refractivity contribution in [3.8, 4) is 0 Å². The molecule has 1 aromatic rings. The third kappa shape index (κ3) is 3.53. The molecule has 0 radical (unpaired) electrons. The predicted molar refractivity (Wildman–Crippen MR) is 68.8 cm³/mol. The lowest BCUT2D eigenvalue weighted by molar-refractivity contribution is 0.525. The van der Waals surface area contributed by atoms with Crippen molar-refractivity contribution >= 4 is 11.6 Å². The standard InChI is InChI=1S/C14H21Cl/c1-10(2)7-13(9-15)14-6-5-11(3)8-12(14)4/h5-6,8,10,13H,7,9H2,1-4H3. The quantitative estimate of drug-likeness (QED) is 0.652. The van der Waals surface area contributed by atoms with Crippen molar-refractivity contribution in [1.29, 1.82) is 0 Å². The van der Waals surface area contributed by atoms with Gasteiger partial charge in [0.05, 0.1) is 0 Å². The van der Waals surface area contributed by atoms with Crippen LogP contribution in [0.25, 0.3) is 0 Å². The Labute approximate surface area is 98.7 Å². The second-order valence-electron chi connectivity index (χ2n) is 4.84. The molecule has 15 heavy (non-hydrogen) atoms. The van der Waals surface area contributed by atoms with Gasteiger partial charge in [0.15, 0.2) is 0 Å². The molecular weight excluding hydrogens is 204 g/mol. The maximum absolute atomic E-state index is 6.06. The molecule has 0 aliphatic carbocycles. The van der Waals surface area contributed by atoms with Crippen LogP contribution < -0.4 is 0 Å². The van der Waals surface area contributed by atoms with E-state index in [1.807, 2.05) is 0 Å². The third-order valence-electron chi connectivity index (χ3n) is 2.81. The molecule has 1 aromatic carbocycles. The van der Waals surface area contributed by atoms with Gasteiger partial charge in [0.25, 0.3) is 0 Å². The molecule has 0 aliphatic rings. The average molecular weight is 225 g/mol. The van der Waals surface area contributed by atoms with E-state index in [0.29, 0.717) is 11.8 Å². The topological polar surface area (TPSA) is 0 Å². The second kappa shape index (κ2) is 5.55. The summed E-state index contributed by atoms with van der Waals surface area (Å²) >= 11 is 6.06. The molecule has 0 bridgehead atoms. The summed E-state index contributed by atoms with van der Waals surface area (Å²) in [4.78, 5) is 0. The van der Waals surface area contributed by atoms with Gasteiger partial charge in [-0.1, -0.05) is 37.6 Å². The maximum Gasteiger partial charge on any atom is 0.0292 e. The van der Waals surface area contributed by atoms with Gasteiger partial charge in [-0.2, -0.15) is 0 Å². The molecule has 0 N–H and O–H groups in total. The molecule has 1 unspecified atom stereocenters. The minimum Gasteiger partial charge on any atom is -0.126 e. The highest BCUT2D eigenvalue weighted by Crippen LogP contribution is 2.28. The van der Waals surface area contributed by atoms with Crippen molar-refractivity contribution in [3.05, 3.63) is 34.9 Å². The zero-order chi connectivity index (χ0) is 11.4. The zero-order valence-corrected chi connectivity index (χ0v) is 10.9. The van der Waals surface area contributed by atoms with Crippen LogP contribution in [0.3, 0.4) is 0 Å². The first kappa shape index (κ1) is 12.6. The summed E-state index contributed by atoms with van der Waals surface area (Å²) in [5.41, 5.74) is 4.12. The van der Waals surface area contributed by atoms with Gasteiger partial charge in [0.1, 0.15) is 0 Å². The first-order valence-corrected chi connectivity index (χ1v) is 6.21. The van der Waals surface area contributed by atoms with E-state index in [9.17, 15) is 0 Å². The number of hydrogen-bond acceptors (Lipinski definition) is 0. The first-order chi connectivity index (χ1) is 7.04. The third-order valence-corrected chi connectivity index (χ3v) is 3.18. The summed E-state index contributed by atoms with van der Waals surface area (Å²) in [5.74, 6) is 1.93. The van der Waals surface area contributed by atoms with Gasteiger partial charge in [-0.25, -0.2) is 0 Å². The van der Waals surface area contributed by atoms with Crippen LogP contribution in [0.4, 0.5) is 0 Å². The van der Waals surface area contributed by atoms with Gasteiger partial charge < -0.3 is 0 Å². The molecule has 0 saturated heterocycles. The number of rotatable bonds is 4. The minimum atomic E-state index is 0.507. The van der Waals surface area contributed by atoms with Crippen LogP contribution in [-0.2, 0) is 0 Å². The molecular formula is C14H21Cl. The summed E-state index contributed by atoms with van der Waals surface area (Å²) in [5, 5.41) is 0. The fourth-order valence-electron chi connectivity index (χ4n) is 2.13. The van der Waals surface area contributed by atoms with E-state index in [1.54, 1.807) is 0 Å². The highest BCUT2D eigenvalue weighted by Gasteiger charge is 2.14. The van der Waals surface area contributed by atoms with Crippen LogP contribution in [0.5, 0.6) is 0 Å². The lowest BCUT2D eigenvalue weighted by Gasteiger charge is -2.19. The van der Waals surface area contributed by atoms with Crippen molar-refractivity contribution in [2.45, 2.75) is 40.0 Å². The monoisotopic (exact) mass is 224 g/mol. The van der Waals surface area contributed by atoms with Gasteiger partial charge in [0, 0.05) is 5.88 Å². The first-order valence-electron chi connectivity index (χ1n) is 5.67. The maximum atomic E-state index is 6.06. The molecule has 0 saturated carbocycles. The summed E-state index contributed by atoms with van der Waals surface area (Å²) in [6.45, 7) is 8.82. The van der Waals surface area contributed by atoms with Crippen molar-refractivity contribution in [2.75, 3.05) is 5.88 Å². The normalized spacial score (nSPS) is 13.2. The molecule has 0 amide bonds. The molecule has 0 heterocycles. The lowest BCUT2D eigenvalue weighted by Crippen LogP contribution is -2.06. The van der Waals surface area contributed by atoms with E-state index in [1.165, 1.54) is 23.1 Å². The fraction of sp³-hybridized carbons (Fsp3) is 0.571. The molecule has 0 aromatic heterocycles. The number of aryl methyl sites for hydroxylation is 2. The molecule has 0 fully saturated rings. The van der Waals surface area contributed by atoms with Crippen LogP contribution in [0.15, 0.2) is 18.2 Å². The summed E-state index contributed by atoms with van der Waals surface area (Å²) in [6.07, 6.45) is 1.17. The van der Waals surface area contributed by atoms with E-state index in [4.69, 9.17) is 11.6 Å². The fourth-order valence-corrected chi connectivity index (χ4v) is 2.42. The highest BCUT2D eigenvalue weighted by molar-refractivity contribution is 6.18. The Morgan fingerprint density at radius 2 is 1.87 bits per heavy atom. The average Bonchev–Trinajstić information content (AvgIpc) is 2.14. The molecule has 1 heteroatoms. The van der Waals surface area contributed by atoms with Crippen molar-refractivity contribution < 1.29 is 0 Å². The minimum absolute atomic E-state index is 0.507. The summed E-state index contributed by atoms with van der Waals surface area (Å²) in [7, 11) is 0. The summed E-state index contributed by atoms with van der Waals surface area (Å²) < 4.78 is 0. The van der Waals surface area contributed by atoms with E-state index in [2.05, 4.69) is 45.9 Å². The van der Waals surface area contributed by atoms with Gasteiger partial charge >= 0.3 is 0 Å². The van der Waals surface area contributed by atoms with E-state index < -0.39 is 0 Å². The van der Waals surface area contributed by atoms with Gasteiger partial charge in [-0.15, -0.1) is 11.6 Å². The second-order valence-corrected chi connectivity index (χ2v) is 5.15. The molecule has 1 rings (SSSR count). The predicted octanol–water partition coefficient (Wildman–Crippen LogP) is 4.67. The van der Waals surface area contributed by atoms with Crippen LogP contribution in [0.2, 0.25) is 0 Å². The zero-order valence-electron chi connectivity index (χ0n) is 10.2. The van der Waals surface area contributed by atoms with E-state index >= 15 is 0 Å². The van der Waals surface area contributed by atoms with Crippen LogP contribution >= 0.6 is 11.6 Å². The van der Waals surface area contributed by atoms with Crippen LogP contribution in [0, 0.1) is 19.8 Å². The van der Waals surface area contributed by atoms with E-state index in [-0.39, 0.29) is 0 Å². The summed E-state index contributed by atoms with van der Waals surface area (Å²) in [6, 6.07) is 6.66. The molecule has 1 atom stereocenters. The van der Waals surface area contributed by atoms with Crippen molar-refractivity contribution in [2.24, 2.45) is 5.92 Å². The van der Waals surface area contributed by atoms with Crippen molar-refractivity contribution in [1.82, 2.24) is 0 Å². The van der Waals surface area contributed by atoms with Gasteiger partial charge in [-0.3, -0.25) is 0 Å². The smallest absolute Gasteiger partial charge is 0.0292 e. The molecule has 84 valence electrons. The molecule has 0 aliphatic heterocycles. The SMILES string of the molecule is Cc1ccc(C(CCl)CC(C)C)c(C)c1. The van der Waals surface area contributed by atoms with Crippen LogP contribution in [0.1, 0.15) is 42.9 Å². The van der Waals surface area contributed by atoms with Gasteiger partial charge in [0.2, 0.25) is 0 Å². The number of benzene rings is 1. The Morgan fingerprint density at radius 1 is 1.20 bits per heavy atom. The number of halogens is 1. The number of alkyl halides is 1. The Morgan fingerprint density at radius 3 is 2.33 bits per heavy atom. The molecule has 0 nitrogen and oxygen atoms in total. The Balaban J connectivity index is 2.91. The Hall–Kier alpha value is -0.490. The number of hydrogen-bond donors (Lipinski definition) is 0.